The number of hydrogen-bond acceptors (Lipinski definition) is 2. The molecule has 0 unspecified atom stereocenters. The summed E-state index contributed by atoms with van der Waals surface area (Å²) in [6.45, 7) is 1.92. The van der Waals surface area contributed by atoms with E-state index in [2.05, 4.69) is 0 Å². The van der Waals surface area contributed by atoms with Crippen LogP contribution in [-0.4, -0.2) is 47.8 Å². The van der Waals surface area contributed by atoms with Crippen LogP contribution in [0.3, 0.4) is 0 Å². The highest BCUT2D eigenvalue weighted by Gasteiger charge is 2.26. The summed E-state index contributed by atoms with van der Waals surface area (Å²) in [6, 6.07) is 4.08. The molecule has 0 atom stereocenters. The van der Waals surface area contributed by atoms with Crippen LogP contribution >= 0.6 is 11.6 Å². The Balaban J connectivity index is 1.49. The SMILES string of the molecule is O=C(CCC1CCCC1)N1CCN(C(=O)c2ccc(Cl)cc2F)CC1. The predicted octanol–water partition coefficient (Wildman–Crippen LogP) is 3.73. The molecule has 1 aromatic rings. The average molecular weight is 367 g/mol. The van der Waals surface area contributed by atoms with Gasteiger partial charge in [-0.25, -0.2) is 4.39 Å². The molecule has 1 saturated carbocycles. The molecular formula is C19H24ClFN2O2. The topological polar surface area (TPSA) is 40.6 Å². The van der Waals surface area contributed by atoms with Crippen molar-refractivity contribution in [2.75, 3.05) is 26.2 Å². The van der Waals surface area contributed by atoms with E-state index in [1.807, 2.05) is 4.90 Å². The first-order valence-electron chi connectivity index (χ1n) is 9.06. The molecule has 1 aliphatic heterocycles. The van der Waals surface area contributed by atoms with Gasteiger partial charge in [-0.15, -0.1) is 0 Å². The zero-order valence-corrected chi connectivity index (χ0v) is 15.1. The molecule has 2 fully saturated rings. The molecule has 6 heteroatoms. The minimum Gasteiger partial charge on any atom is -0.339 e. The highest BCUT2D eigenvalue weighted by molar-refractivity contribution is 6.30. The van der Waals surface area contributed by atoms with Crippen molar-refractivity contribution in [1.29, 1.82) is 0 Å². The van der Waals surface area contributed by atoms with Crippen LogP contribution in [0.1, 0.15) is 48.9 Å². The molecule has 2 aliphatic rings. The Morgan fingerprint density at radius 1 is 1.08 bits per heavy atom. The fourth-order valence-electron chi connectivity index (χ4n) is 3.78. The third-order valence-electron chi connectivity index (χ3n) is 5.32. The Labute approximate surface area is 152 Å². The number of amides is 2. The molecule has 0 N–H and O–H groups in total. The number of nitrogens with zero attached hydrogens (tertiary/aromatic N) is 2. The van der Waals surface area contributed by atoms with Crippen molar-refractivity contribution in [2.45, 2.75) is 38.5 Å². The highest BCUT2D eigenvalue weighted by atomic mass is 35.5. The van der Waals surface area contributed by atoms with Crippen LogP contribution in [0.5, 0.6) is 0 Å². The summed E-state index contributed by atoms with van der Waals surface area (Å²) in [5.74, 6) is -0.0591. The van der Waals surface area contributed by atoms with Crippen molar-refractivity contribution in [3.8, 4) is 0 Å². The number of benzene rings is 1. The zero-order chi connectivity index (χ0) is 17.8. The van der Waals surface area contributed by atoms with Gasteiger partial charge in [0.25, 0.3) is 5.91 Å². The molecule has 1 aliphatic carbocycles. The van der Waals surface area contributed by atoms with Gasteiger partial charge < -0.3 is 9.80 Å². The van der Waals surface area contributed by atoms with E-state index in [-0.39, 0.29) is 22.4 Å². The third-order valence-corrected chi connectivity index (χ3v) is 5.56. The number of carbonyl (C=O) groups excluding carboxylic acids is 2. The molecule has 1 heterocycles. The Hall–Kier alpha value is -1.62. The van der Waals surface area contributed by atoms with Crippen molar-refractivity contribution in [3.05, 3.63) is 34.6 Å². The second-order valence-corrected chi connectivity index (χ2v) is 7.42. The number of halogens is 2. The monoisotopic (exact) mass is 366 g/mol. The van der Waals surface area contributed by atoms with Crippen molar-refractivity contribution in [2.24, 2.45) is 5.92 Å². The second kappa shape index (κ2) is 8.17. The van der Waals surface area contributed by atoms with Gasteiger partial charge in [0.1, 0.15) is 5.82 Å². The van der Waals surface area contributed by atoms with Crippen LogP contribution in [0.25, 0.3) is 0 Å². The van der Waals surface area contributed by atoms with Gasteiger partial charge in [0.05, 0.1) is 5.56 Å². The van der Waals surface area contributed by atoms with Gasteiger partial charge in [-0.1, -0.05) is 37.3 Å². The van der Waals surface area contributed by atoms with E-state index in [9.17, 15) is 14.0 Å². The summed E-state index contributed by atoms with van der Waals surface area (Å²) in [6.07, 6.45) is 6.67. The molecule has 3 rings (SSSR count). The summed E-state index contributed by atoms with van der Waals surface area (Å²) in [5.41, 5.74) is 0.0328. The van der Waals surface area contributed by atoms with E-state index in [0.29, 0.717) is 38.5 Å². The molecule has 0 spiro atoms. The molecule has 0 radical (unpaired) electrons. The van der Waals surface area contributed by atoms with Gasteiger partial charge in [-0.05, 0) is 30.5 Å². The van der Waals surface area contributed by atoms with Crippen LogP contribution in [0, 0.1) is 11.7 Å². The first-order chi connectivity index (χ1) is 12.0. The van der Waals surface area contributed by atoms with E-state index in [0.717, 1.165) is 12.5 Å². The quantitative estimate of drug-likeness (QED) is 0.814. The van der Waals surface area contributed by atoms with E-state index in [4.69, 9.17) is 11.6 Å². The lowest BCUT2D eigenvalue weighted by atomic mass is 10.0. The van der Waals surface area contributed by atoms with Gasteiger partial charge in [0, 0.05) is 37.6 Å². The van der Waals surface area contributed by atoms with Crippen LogP contribution in [0.4, 0.5) is 4.39 Å². The maximum Gasteiger partial charge on any atom is 0.256 e. The largest absolute Gasteiger partial charge is 0.339 e. The molecule has 136 valence electrons. The van der Waals surface area contributed by atoms with Gasteiger partial charge in [-0.3, -0.25) is 9.59 Å². The summed E-state index contributed by atoms with van der Waals surface area (Å²) >= 11 is 5.73. The van der Waals surface area contributed by atoms with Crippen LogP contribution in [-0.2, 0) is 4.79 Å². The van der Waals surface area contributed by atoms with E-state index in [1.54, 1.807) is 4.90 Å². The smallest absolute Gasteiger partial charge is 0.256 e. The normalized spacial score (nSPS) is 18.6. The zero-order valence-electron chi connectivity index (χ0n) is 14.3. The molecule has 0 aromatic heterocycles. The summed E-state index contributed by atoms with van der Waals surface area (Å²) in [7, 11) is 0. The molecule has 25 heavy (non-hydrogen) atoms. The van der Waals surface area contributed by atoms with E-state index in [1.165, 1.54) is 37.8 Å². The van der Waals surface area contributed by atoms with Gasteiger partial charge in [0.2, 0.25) is 5.91 Å². The van der Waals surface area contributed by atoms with E-state index >= 15 is 0 Å². The van der Waals surface area contributed by atoms with Crippen LogP contribution in [0.2, 0.25) is 5.02 Å². The Morgan fingerprint density at radius 2 is 1.72 bits per heavy atom. The lowest BCUT2D eigenvalue weighted by Crippen LogP contribution is -2.50. The van der Waals surface area contributed by atoms with Crippen molar-refractivity contribution in [1.82, 2.24) is 9.80 Å². The predicted molar refractivity (Wildman–Crippen MR) is 95.1 cm³/mol. The molecule has 1 aromatic carbocycles. The number of carbonyl (C=O) groups is 2. The number of rotatable bonds is 4. The van der Waals surface area contributed by atoms with Crippen molar-refractivity contribution < 1.29 is 14.0 Å². The molecular weight excluding hydrogens is 343 g/mol. The van der Waals surface area contributed by atoms with Gasteiger partial charge in [-0.2, -0.15) is 0 Å². The van der Waals surface area contributed by atoms with Gasteiger partial charge in [0.15, 0.2) is 0 Å². The molecule has 1 saturated heterocycles. The van der Waals surface area contributed by atoms with Crippen molar-refractivity contribution >= 4 is 23.4 Å². The fourth-order valence-corrected chi connectivity index (χ4v) is 3.94. The van der Waals surface area contributed by atoms with Gasteiger partial charge >= 0.3 is 0 Å². The number of hydrogen-bond donors (Lipinski definition) is 0. The van der Waals surface area contributed by atoms with E-state index < -0.39 is 5.82 Å². The molecule has 4 nitrogen and oxygen atoms in total. The Kier molecular flexibility index (Phi) is 5.94. The summed E-state index contributed by atoms with van der Waals surface area (Å²) in [5, 5.41) is 0.270. The average Bonchev–Trinajstić information content (AvgIpc) is 3.13. The summed E-state index contributed by atoms with van der Waals surface area (Å²) in [4.78, 5) is 28.2. The lowest BCUT2D eigenvalue weighted by molar-refractivity contribution is -0.133. The Bertz CT molecular complexity index is 638. The fraction of sp³-hybridized carbons (Fsp3) is 0.579. The minimum absolute atomic E-state index is 0.0328. The Morgan fingerprint density at radius 3 is 2.36 bits per heavy atom. The maximum absolute atomic E-state index is 13.9. The minimum atomic E-state index is -0.604. The number of piperazine rings is 1. The van der Waals surface area contributed by atoms with Crippen molar-refractivity contribution in [3.63, 3.8) is 0 Å². The highest BCUT2D eigenvalue weighted by Crippen LogP contribution is 2.28. The standard InChI is InChI=1S/C19H24ClFN2O2/c20-15-6-7-16(17(21)13-15)19(25)23-11-9-22(10-12-23)18(24)8-5-14-3-1-2-4-14/h6-7,13-14H,1-5,8-12H2. The van der Waals surface area contributed by atoms with Crippen LogP contribution < -0.4 is 0 Å². The second-order valence-electron chi connectivity index (χ2n) is 6.99. The van der Waals surface area contributed by atoms with Crippen LogP contribution in [0.15, 0.2) is 18.2 Å². The lowest BCUT2D eigenvalue weighted by Gasteiger charge is -2.35. The molecule has 0 bridgehead atoms. The first-order valence-corrected chi connectivity index (χ1v) is 9.44. The third kappa shape index (κ3) is 4.51. The maximum atomic E-state index is 13.9. The molecule has 2 amide bonds. The summed E-state index contributed by atoms with van der Waals surface area (Å²) < 4.78 is 13.9. The first kappa shape index (κ1) is 18.2.